The third-order valence-electron chi connectivity index (χ3n) is 4.56. The molecule has 156 valence electrons. The topological polar surface area (TPSA) is 113 Å². The molecule has 0 aliphatic heterocycles. The molecule has 2 aromatic carbocycles. The monoisotopic (exact) mass is 425 g/mol. The van der Waals surface area contributed by atoms with Gasteiger partial charge in [-0.2, -0.15) is 0 Å². The molecule has 8 heteroatoms. The first-order valence-corrected chi connectivity index (χ1v) is 9.76. The number of hydrogen-bond donors (Lipinski definition) is 4. The Morgan fingerprint density at radius 1 is 1.13 bits per heavy atom. The number of nitrogens with zero attached hydrogens (tertiary/aromatic N) is 2. The van der Waals surface area contributed by atoms with Gasteiger partial charge in [0.15, 0.2) is 5.82 Å². The number of nitrogens with one attached hydrogen (secondary N) is 2. The third kappa shape index (κ3) is 4.87. The van der Waals surface area contributed by atoms with Gasteiger partial charge in [0.25, 0.3) is 5.91 Å². The van der Waals surface area contributed by atoms with Gasteiger partial charge in [0.2, 0.25) is 0 Å². The molecule has 1 heterocycles. The zero-order valence-corrected chi connectivity index (χ0v) is 17.8. The first-order chi connectivity index (χ1) is 14.2. The number of amides is 1. The molecule has 3 rings (SSSR count). The van der Waals surface area contributed by atoms with E-state index in [1.54, 1.807) is 57.6 Å². The minimum absolute atomic E-state index is 0.212. The van der Waals surface area contributed by atoms with Gasteiger partial charge >= 0.3 is 0 Å². The lowest BCUT2D eigenvalue weighted by Gasteiger charge is -2.16. The number of carbonyl (C=O) groups excluding carboxylic acids is 1. The molecule has 0 spiro atoms. The number of benzene rings is 2. The molecule has 0 atom stereocenters. The van der Waals surface area contributed by atoms with Crippen molar-refractivity contribution in [3.05, 3.63) is 70.8 Å². The predicted octanol–water partition coefficient (Wildman–Crippen LogP) is 3.58. The quantitative estimate of drug-likeness (QED) is 0.449. The maximum absolute atomic E-state index is 12.3. The Morgan fingerprint density at radius 2 is 1.83 bits per heavy atom. The van der Waals surface area contributed by atoms with Gasteiger partial charge in [-0.15, -0.1) is 0 Å². The average Bonchev–Trinajstić information content (AvgIpc) is 2.73. The normalized spacial score (nSPS) is 11.2. The highest BCUT2D eigenvalue weighted by atomic mass is 35.5. The number of anilines is 2. The van der Waals surface area contributed by atoms with Gasteiger partial charge in [0.1, 0.15) is 5.60 Å². The molecule has 1 aromatic heterocycles. The zero-order chi connectivity index (χ0) is 21.9. The average molecular weight is 426 g/mol. The van der Waals surface area contributed by atoms with Crippen molar-refractivity contribution in [2.24, 2.45) is 0 Å². The van der Waals surface area contributed by atoms with Gasteiger partial charge in [-0.05, 0) is 55.3 Å². The summed E-state index contributed by atoms with van der Waals surface area (Å²) in [5.41, 5.74) is 8.89. The zero-order valence-electron chi connectivity index (χ0n) is 17.0. The van der Waals surface area contributed by atoms with Crippen LogP contribution in [0.5, 0.6) is 0 Å². The van der Waals surface area contributed by atoms with Crippen LogP contribution >= 0.6 is 11.6 Å². The van der Waals surface area contributed by atoms with Gasteiger partial charge in [0, 0.05) is 47.9 Å². The number of rotatable bonds is 6. The molecule has 0 saturated heterocycles. The van der Waals surface area contributed by atoms with E-state index in [4.69, 9.17) is 17.3 Å². The molecule has 0 aliphatic rings. The molecule has 0 bridgehead atoms. The summed E-state index contributed by atoms with van der Waals surface area (Å²) in [7, 11) is 1.58. The summed E-state index contributed by atoms with van der Waals surface area (Å²) in [5.74, 6) is 0.124. The summed E-state index contributed by atoms with van der Waals surface area (Å²) >= 11 is 6.26. The van der Waals surface area contributed by atoms with E-state index in [9.17, 15) is 9.90 Å². The summed E-state index contributed by atoms with van der Waals surface area (Å²) in [6.45, 7) is 3.65. The van der Waals surface area contributed by atoms with E-state index in [2.05, 4.69) is 20.6 Å². The van der Waals surface area contributed by atoms with Crippen molar-refractivity contribution in [2.75, 3.05) is 18.1 Å². The van der Waals surface area contributed by atoms with Crippen LogP contribution in [-0.4, -0.2) is 28.0 Å². The first kappa shape index (κ1) is 21.5. The second-order valence-corrected chi connectivity index (χ2v) is 7.81. The molecule has 0 unspecified atom stereocenters. The van der Waals surface area contributed by atoms with Crippen LogP contribution in [-0.2, 0) is 12.1 Å². The Labute approximate surface area is 180 Å². The van der Waals surface area contributed by atoms with Crippen LogP contribution in [0.3, 0.4) is 0 Å². The molecular weight excluding hydrogens is 402 g/mol. The summed E-state index contributed by atoms with van der Waals surface area (Å²) < 4.78 is 0. The fourth-order valence-electron chi connectivity index (χ4n) is 2.92. The smallest absolute Gasteiger partial charge is 0.253 e. The molecule has 3 aromatic rings. The molecule has 5 N–H and O–H groups in total. The van der Waals surface area contributed by atoms with Gasteiger partial charge in [-0.25, -0.2) is 9.97 Å². The summed E-state index contributed by atoms with van der Waals surface area (Å²) in [4.78, 5) is 20.8. The molecule has 0 aliphatic carbocycles. The van der Waals surface area contributed by atoms with E-state index in [0.29, 0.717) is 34.3 Å². The maximum Gasteiger partial charge on any atom is 0.253 e. The van der Waals surface area contributed by atoms with E-state index in [1.807, 2.05) is 12.1 Å². The Hall–Kier alpha value is -3.16. The number of hydrogen-bond acceptors (Lipinski definition) is 6. The van der Waals surface area contributed by atoms with Crippen molar-refractivity contribution in [2.45, 2.75) is 26.0 Å². The van der Waals surface area contributed by atoms with Crippen LogP contribution in [0.15, 0.2) is 48.8 Å². The minimum atomic E-state index is -1.12. The predicted molar refractivity (Wildman–Crippen MR) is 119 cm³/mol. The Morgan fingerprint density at radius 3 is 2.47 bits per heavy atom. The van der Waals surface area contributed by atoms with Crippen molar-refractivity contribution in [3.8, 4) is 11.1 Å². The fraction of sp³-hybridized carbons (Fsp3) is 0.227. The highest BCUT2D eigenvalue weighted by Crippen LogP contribution is 2.28. The fourth-order valence-corrected chi connectivity index (χ4v) is 3.10. The number of aliphatic hydroxyl groups is 1. The summed E-state index contributed by atoms with van der Waals surface area (Å²) in [6, 6.07) is 10.7. The number of carbonyl (C=O) groups is 1. The standard InChI is InChI=1S/C22H24ClN5O2/c1-22(2,30)21-27-11-15(12-28-21)13-4-6-17(20(29)25-3)19(9-13)26-10-14-8-16(24)5-7-18(14)23/h4-9,11-12,26,30H,10,24H2,1-3H3,(H,25,29). The number of halogens is 1. The largest absolute Gasteiger partial charge is 0.399 e. The first-order valence-electron chi connectivity index (χ1n) is 9.38. The van der Waals surface area contributed by atoms with Crippen molar-refractivity contribution >= 4 is 28.9 Å². The van der Waals surface area contributed by atoms with E-state index < -0.39 is 5.60 Å². The van der Waals surface area contributed by atoms with Gasteiger partial charge < -0.3 is 21.5 Å². The molecule has 1 amide bonds. The highest BCUT2D eigenvalue weighted by Gasteiger charge is 2.19. The third-order valence-corrected chi connectivity index (χ3v) is 4.93. The molecule has 30 heavy (non-hydrogen) atoms. The molecule has 7 nitrogen and oxygen atoms in total. The van der Waals surface area contributed by atoms with Crippen LogP contribution in [0.4, 0.5) is 11.4 Å². The Bertz CT molecular complexity index is 1060. The molecule has 0 fully saturated rings. The number of nitrogen functional groups attached to an aromatic ring is 1. The van der Waals surface area contributed by atoms with Crippen LogP contribution in [0.1, 0.15) is 35.6 Å². The van der Waals surface area contributed by atoms with Crippen LogP contribution in [0.2, 0.25) is 5.02 Å². The summed E-state index contributed by atoms with van der Waals surface area (Å²) in [5, 5.41) is 16.6. The molecular formula is C22H24ClN5O2. The lowest BCUT2D eigenvalue weighted by atomic mass is 10.0. The van der Waals surface area contributed by atoms with Crippen LogP contribution in [0.25, 0.3) is 11.1 Å². The summed E-state index contributed by atoms with van der Waals surface area (Å²) in [6.07, 6.45) is 3.29. The second-order valence-electron chi connectivity index (χ2n) is 7.40. The van der Waals surface area contributed by atoms with Gasteiger partial charge in [-0.1, -0.05) is 17.7 Å². The highest BCUT2D eigenvalue weighted by molar-refractivity contribution is 6.31. The van der Waals surface area contributed by atoms with Crippen molar-refractivity contribution in [1.29, 1.82) is 0 Å². The second kappa shape index (κ2) is 8.69. The van der Waals surface area contributed by atoms with Crippen molar-refractivity contribution in [3.63, 3.8) is 0 Å². The molecule has 0 saturated carbocycles. The van der Waals surface area contributed by atoms with Crippen molar-refractivity contribution < 1.29 is 9.90 Å². The number of aromatic nitrogens is 2. The molecule has 0 radical (unpaired) electrons. The van der Waals surface area contributed by atoms with E-state index in [1.165, 1.54) is 0 Å². The lowest BCUT2D eigenvalue weighted by Crippen LogP contribution is -2.20. The lowest BCUT2D eigenvalue weighted by molar-refractivity contribution is 0.0687. The van der Waals surface area contributed by atoms with Gasteiger partial charge in [0.05, 0.1) is 5.56 Å². The van der Waals surface area contributed by atoms with Crippen LogP contribution < -0.4 is 16.4 Å². The Kier molecular flexibility index (Phi) is 6.24. The van der Waals surface area contributed by atoms with E-state index >= 15 is 0 Å². The minimum Gasteiger partial charge on any atom is -0.399 e. The van der Waals surface area contributed by atoms with E-state index in [-0.39, 0.29) is 5.91 Å². The maximum atomic E-state index is 12.3. The SMILES string of the molecule is CNC(=O)c1ccc(-c2cnc(C(C)(C)O)nc2)cc1NCc1cc(N)ccc1Cl. The van der Waals surface area contributed by atoms with Gasteiger partial charge in [-0.3, -0.25) is 4.79 Å². The Balaban J connectivity index is 1.94. The number of nitrogens with two attached hydrogens (primary N) is 1. The van der Waals surface area contributed by atoms with Crippen molar-refractivity contribution in [1.82, 2.24) is 15.3 Å². The van der Waals surface area contributed by atoms with Crippen LogP contribution in [0, 0.1) is 0 Å². The van der Waals surface area contributed by atoms with E-state index in [0.717, 1.165) is 16.7 Å².